The Morgan fingerprint density at radius 1 is 1.50 bits per heavy atom. The molecule has 3 nitrogen and oxygen atoms in total. The highest BCUT2D eigenvalue weighted by Gasteiger charge is 2.43. The molecule has 0 amide bonds. The van der Waals surface area contributed by atoms with Gasteiger partial charge in [0.1, 0.15) is 5.60 Å². The van der Waals surface area contributed by atoms with Crippen molar-refractivity contribution in [1.82, 2.24) is 4.98 Å². The van der Waals surface area contributed by atoms with Gasteiger partial charge in [0.05, 0.1) is 5.69 Å². The Hall–Kier alpha value is -0.930. The van der Waals surface area contributed by atoms with E-state index in [0.717, 1.165) is 5.69 Å². The molecule has 2 rings (SSSR count). The second-order valence-corrected chi connectivity index (χ2v) is 3.41. The number of pyridine rings is 1. The summed E-state index contributed by atoms with van der Waals surface area (Å²) >= 11 is 0. The molecule has 0 unspecified atom stereocenters. The zero-order valence-corrected chi connectivity index (χ0v) is 6.77. The minimum atomic E-state index is -0.749. The third-order valence-corrected chi connectivity index (χ3v) is 2.34. The van der Waals surface area contributed by atoms with E-state index in [0.29, 0.717) is 12.8 Å². The van der Waals surface area contributed by atoms with Crippen LogP contribution in [0.1, 0.15) is 18.5 Å². The monoisotopic (exact) mass is 164 g/mol. The van der Waals surface area contributed by atoms with E-state index in [1.165, 1.54) is 0 Å². The number of nitrogens with zero attached hydrogens (tertiary/aromatic N) is 1. The van der Waals surface area contributed by atoms with Crippen molar-refractivity contribution in [2.75, 3.05) is 0 Å². The molecule has 1 saturated carbocycles. The van der Waals surface area contributed by atoms with Gasteiger partial charge in [-0.05, 0) is 25.0 Å². The van der Waals surface area contributed by atoms with Crippen LogP contribution in [0, 0.1) is 0 Å². The zero-order chi connectivity index (χ0) is 8.60. The topological polar surface area (TPSA) is 59.1 Å². The highest BCUT2D eigenvalue weighted by molar-refractivity contribution is 5.18. The van der Waals surface area contributed by atoms with E-state index >= 15 is 0 Å². The second-order valence-electron chi connectivity index (χ2n) is 3.41. The largest absolute Gasteiger partial charge is 0.383 e. The lowest BCUT2D eigenvalue weighted by Gasteiger charge is -2.41. The molecule has 0 bridgehead atoms. The average molecular weight is 164 g/mol. The van der Waals surface area contributed by atoms with Crippen LogP contribution in [0.15, 0.2) is 24.4 Å². The van der Waals surface area contributed by atoms with Crippen molar-refractivity contribution < 1.29 is 5.11 Å². The SMILES string of the molecule is NC1CC(O)(c2ccccn2)C1. The van der Waals surface area contributed by atoms with Crippen LogP contribution in [0.25, 0.3) is 0 Å². The molecule has 64 valence electrons. The van der Waals surface area contributed by atoms with Crippen molar-refractivity contribution >= 4 is 0 Å². The maximum absolute atomic E-state index is 9.91. The maximum Gasteiger partial charge on any atom is 0.109 e. The van der Waals surface area contributed by atoms with Crippen LogP contribution < -0.4 is 5.73 Å². The normalized spacial score (nSPS) is 34.3. The first-order valence-electron chi connectivity index (χ1n) is 4.10. The molecule has 0 aliphatic heterocycles. The van der Waals surface area contributed by atoms with Gasteiger partial charge < -0.3 is 10.8 Å². The third-order valence-electron chi connectivity index (χ3n) is 2.34. The molecule has 1 aliphatic rings. The van der Waals surface area contributed by atoms with Crippen LogP contribution in [0.2, 0.25) is 0 Å². The lowest BCUT2D eigenvalue weighted by molar-refractivity contribution is -0.0559. The van der Waals surface area contributed by atoms with Crippen molar-refractivity contribution in [2.45, 2.75) is 24.5 Å². The molecule has 1 fully saturated rings. The zero-order valence-electron chi connectivity index (χ0n) is 6.77. The van der Waals surface area contributed by atoms with Crippen LogP contribution >= 0.6 is 0 Å². The lowest BCUT2D eigenvalue weighted by Crippen LogP contribution is -2.49. The third kappa shape index (κ3) is 1.11. The van der Waals surface area contributed by atoms with Gasteiger partial charge in [-0.2, -0.15) is 0 Å². The summed E-state index contributed by atoms with van der Waals surface area (Å²) in [6.07, 6.45) is 2.95. The van der Waals surface area contributed by atoms with Crippen LogP contribution in [0.3, 0.4) is 0 Å². The van der Waals surface area contributed by atoms with Crippen molar-refractivity contribution in [3.63, 3.8) is 0 Å². The fourth-order valence-corrected chi connectivity index (χ4v) is 1.65. The Morgan fingerprint density at radius 2 is 2.25 bits per heavy atom. The first-order valence-corrected chi connectivity index (χ1v) is 4.10. The fraction of sp³-hybridized carbons (Fsp3) is 0.444. The molecule has 12 heavy (non-hydrogen) atoms. The van der Waals surface area contributed by atoms with Gasteiger partial charge >= 0.3 is 0 Å². The average Bonchev–Trinajstić information content (AvgIpc) is 2.04. The maximum atomic E-state index is 9.91. The molecule has 1 aromatic heterocycles. The fourth-order valence-electron chi connectivity index (χ4n) is 1.65. The molecule has 1 aromatic rings. The summed E-state index contributed by atoms with van der Waals surface area (Å²) in [5.74, 6) is 0. The predicted octanol–water partition coefficient (Wildman–Crippen LogP) is 0.390. The molecule has 0 spiro atoms. The summed E-state index contributed by atoms with van der Waals surface area (Å²) in [6, 6.07) is 5.69. The number of rotatable bonds is 1. The predicted molar refractivity (Wildman–Crippen MR) is 45.3 cm³/mol. The summed E-state index contributed by atoms with van der Waals surface area (Å²) in [6.45, 7) is 0. The van der Waals surface area contributed by atoms with E-state index < -0.39 is 5.60 Å². The van der Waals surface area contributed by atoms with Gasteiger partial charge in [-0.25, -0.2) is 0 Å². The molecule has 1 heterocycles. The standard InChI is InChI=1S/C9H12N2O/c10-7-5-9(12,6-7)8-3-1-2-4-11-8/h1-4,7,12H,5-6,10H2. The summed E-state index contributed by atoms with van der Waals surface area (Å²) in [4.78, 5) is 4.10. The number of aromatic nitrogens is 1. The summed E-state index contributed by atoms with van der Waals surface area (Å²) in [5.41, 5.74) is 5.60. The van der Waals surface area contributed by atoms with Gasteiger partial charge in [-0.1, -0.05) is 6.07 Å². The minimum Gasteiger partial charge on any atom is -0.383 e. The number of aliphatic hydroxyl groups is 1. The highest BCUT2D eigenvalue weighted by atomic mass is 16.3. The van der Waals surface area contributed by atoms with Crippen LogP contribution in [0.5, 0.6) is 0 Å². The smallest absolute Gasteiger partial charge is 0.109 e. The summed E-state index contributed by atoms with van der Waals surface area (Å²) in [5, 5.41) is 9.91. The molecule has 1 aliphatic carbocycles. The quantitative estimate of drug-likeness (QED) is 0.631. The highest BCUT2D eigenvalue weighted by Crippen LogP contribution is 2.38. The van der Waals surface area contributed by atoms with E-state index in [-0.39, 0.29) is 6.04 Å². The van der Waals surface area contributed by atoms with Gasteiger partial charge in [0.2, 0.25) is 0 Å². The van der Waals surface area contributed by atoms with Crippen molar-refractivity contribution in [3.05, 3.63) is 30.1 Å². The van der Waals surface area contributed by atoms with E-state index in [1.807, 2.05) is 18.2 Å². The van der Waals surface area contributed by atoms with E-state index in [2.05, 4.69) is 4.98 Å². The Bertz CT molecular complexity index is 267. The van der Waals surface area contributed by atoms with Gasteiger partial charge in [0.25, 0.3) is 0 Å². The van der Waals surface area contributed by atoms with Crippen LogP contribution in [-0.2, 0) is 5.60 Å². The van der Waals surface area contributed by atoms with Crippen LogP contribution in [0.4, 0.5) is 0 Å². The molecule has 0 aromatic carbocycles. The molecule has 0 saturated heterocycles. The number of nitrogens with two attached hydrogens (primary N) is 1. The van der Waals surface area contributed by atoms with Crippen molar-refractivity contribution in [2.24, 2.45) is 5.73 Å². The molecule has 3 heteroatoms. The Kier molecular flexibility index (Phi) is 1.63. The molecule has 0 atom stereocenters. The minimum absolute atomic E-state index is 0.136. The Balaban J connectivity index is 2.21. The van der Waals surface area contributed by atoms with Crippen molar-refractivity contribution in [1.29, 1.82) is 0 Å². The van der Waals surface area contributed by atoms with Crippen molar-refractivity contribution in [3.8, 4) is 0 Å². The summed E-state index contributed by atoms with van der Waals surface area (Å²) in [7, 11) is 0. The van der Waals surface area contributed by atoms with Gasteiger partial charge in [0, 0.05) is 12.2 Å². The van der Waals surface area contributed by atoms with Gasteiger partial charge in [0.15, 0.2) is 0 Å². The van der Waals surface area contributed by atoms with E-state index in [1.54, 1.807) is 6.20 Å². The molecule has 0 radical (unpaired) electrons. The Morgan fingerprint density at radius 3 is 2.75 bits per heavy atom. The second kappa shape index (κ2) is 2.54. The van der Waals surface area contributed by atoms with Crippen LogP contribution in [-0.4, -0.2) is 16.1 Å². The molecular formula is C9H12N2O. The lowest BCUT2D eigenvalue weighted by atomic mass is 9.74. The summed E-state index contributed by atoms with van der Waals surface area (Å²) < 4.78 is 0. The van der Waals surface area contributed by atoms with Gasteiger partial charge in [-0.3, -0.25) is 4.98 Å². The first kappa shape index (κ1) is 7.71. The molecular weight excluding hydrogens is 152 g/mol. The van der Waals surface area contributed by atoms with E-state index in [4.69, 9.17) is 5.73 Å². The number of hydrogen-bond acceptors (Lipinski definition) is 3. The number of hydrogen-bond donors (Lipinski definition) is 2. The first-order chi connectivity index (χ1) is 5.71. The Labute approximate surface area is 71.2 Å². The molecule has 3 N–H and O–H groups in total. The van der Waals surface area contributed by atoms with E-state index in [9.17, 15) is 5.11 Å². The van der Waals surface area contributed by atoms with Gasteiger partial charge in [-0.15, -0.1) is 0 Å².